The SMILES string of the molecule is CC(C)(C)Cc1cc(-c2[c-]cccc2)ncc1[Si](C)(C)C.CC(C)(C)Cc1ccc2c(n1)oc1c[c-]c(-c3nc4ccccc4n3-c3c(-c4ccccc4)cc(C(C)(C)C)cc3-c3ccccc3)cc12.[Ir]. The number of hydrogen-bond donors (Lipinski definition) is 0. The molecule has 71 heavy (non-hydrogen) atoms. The van der Waals surface area contributed by atoms with E-state index in [1.54, 1.807) is 0 Å². The van der Waals surface area contributed by atoms with Crippen LogP contribution in [0.25, 0.3) is 83.7 Å². The third-order valence-electron chi connectivity index (χ3n) is 12.7. The molecule has 1 radical (unpaired) electrons. The Labute approximate surface area is 436 Å². The van der Waals surface area contributed by atoms with Crippen molar-refractivity contribution in [2.75, 3.05) is 0 Å². The number of aromatic nitrogens is 4. The molecule has 10 aromatic rings. The van der Waals surface area contributed by atoms with Gasteiger partial charge in [0.1, 0.15) is 0 Å². The van der Waals surface area contributed by atoms with Crippen LogP contribution in [0, 0.1) is 23.0 Å². The summed E-state index contributed by atoms with van der Waals surface area (Å²) in [4.78, 5) is 14.9. The molecule has 0 fully saturated rings. The van der Waals surface area contributed by atoms with Crippen LogP contribution < -0.4 is 5.19 Å². The molecule has 6 aromatic carbocycles. The number of furan rings is 1. The Morgan fingerprint density at radius 2 is 1.23 bits per heavy atom. The second-order valence-electron chi connectivity index (χ2n) is 23.3. The Morgan fingerprint density at radius 1 is 0.606 bits per heavy atom. The first-order valence-electron chi connectivity index (χ1n) is 24.7. The van der Waals surface area contributed by atoms with Crippen LogP contribution >= 0.6 is 0 Å². The summed E-state index contributed by atoms with van der Waals surface area (Å²) >= 11 is 0. The Morgan fingerprint density at radius 3 is 1.82 bits per heavy atom. The molecule has 0 aliphatic rings. The van der Waals surface area contributed by atoms with Crippen molar-refractivity contribution in [3.05, 3.63) is 187 Å². The van der Waals surface area contributed by atoms with Crippen LogP contribution in [0.4, 0.5) is 0 Å². The smallest absolute Gasteiger partial charge is 0.216 e. The van der Waals surface area contributed by atoms with E-state index in [4.69, 9.17) is 19.4 Å². The van der Waals surface area contributed by atoms with Crippen LogP contribution in [0.15, 0.2) is 162 Å². The van der Waals surface area contributed by atoms with E-state index in [1.807, 2.05) is 24.3 Å². The van der Waals surface area contributed by atoms with Gasteiger partial charge in [-0.15, -0.1) is 59.7 Å². The molecule has 10 rings (SSSR count). The van der Waals surface area contributed by atoms with Crippen LogP contribution in [0.2, 0.25) is 19.6 Å². The molecule has 0 saturated carbocycles. The molecule has 0 aliphatic heterocycles. The van der Waals surface area contributed by atoms with Crippen molar-refractivity contribution in [3.63, 3.8) is 0 Å². The number of hydrogen-bond acceptors (Lipinski definition) is 4. The van der Waals surface area contributed by atoms with Gasteiger partial charge in [-0.25, -0.2) is 4.98 Å². The van der Waals surface area contributed by atoms with Gasteiger partial charge >= 0.3 is 0 Å². The Bertz CT molecular complexity index is 3400. The average molecular weight is 1130 g/mol. The minimum atomic E-state index is -1.37. The fraction of sp³-hybridized carbons (Fsp3) is 0.266. The number of pyridine rings is 2. The number of imidazole rings is 1. The molecule has 0 bridgehead atoms. The van der Waals surface area contributed by atoms with Gasteiger partial charge in [0.05, 0.1) is 36.2 Å². The molecule has 4 heterocycles. The monoisotopic (exact) mass is 1130 g/mol. The largest absolute Gasteiger partial charge is 0.486 e. The van der Waals surface area contributed by atoms with E-state index in [0.29, 0.717) is 5.71 Å². The fourth-order valence-corrected chi connectivity index (χ4v) is 11.0. The van der Waals surface area contributed by atoms with E-state index >= 15 is 0 Å². The van der Waals surface area contributed by atoms with Crippen molar-refractivity contribution in [3.8, 4) is 50.6 Å². The molecule has 363 valence electrons. The van der Waals surface area contributed by atoms with E-state index in [1.165, 1.54) is 16.3 Å². The van der Waals surface area contributed by atoms with Gasteiger partial charge in [0, 0.05) is 48.5 Å². The predicted octanol–water partition coefficient (Wildman–Crippen LogP) is 16.7. The van der Waals surface area contributed by atoms with Gasteiger partial charge in [-0.1, -0.05) is 172 Å². The van der Waals surface area contributed by atoms with Crippen molar-refractivity contribution >= 4 is 46.4 Å². The molecule has 0 spiro atoms. The maximum absolute atomic E-state index is 6.30. The molecule has 5 nitrogen and oxygen atoms in total. The molecule has 0 atom stereocenters. The predicted molar refractivity (Wildman–Crippen MR) is 298 cm³/mol. The Balaban J connectivity index is 0.000000259. The van der Waals surface area contributed by atoms with Crippen LogP contribution in [0.5, 0.6) is 0 Å². The van der Waals surface area contributed by atoms with E-state index in [9.17, 15) is 0 Å². The Hall–Kier alpha value is -6.24. The van der Waals surface area contributed by atoms with Crippen molar-refractivity contribution in [2.45, 2.75) is 100 Å². The third kappa shape index (κ3) is 11.4. The molecule has 0 amide bonds. The van der Waals surface area contributed by atoms with Gasteiger partial charge in [0.25, 0.3) is 0 Å². The first-order chi connectivity index (χ1) is 33.2. The second-order valence-corrected chi connectivity index (χ2v) is 28.3. The summed E-state index contributed by atoms with van der Waals surface area (Å²) in [5.41, 5.74) is 16.2. The van der Waals surface area contributed by atoms with Crippen LogP contribution in [0.3, 0.4) is 0 Å². The zero-order chi connectivity index (χ0) is 49.6. The van der Waals surface area contributed by atoms with Gasteiger partial charge in [-0.3, -0.25) is 4.98 Å². The minimum Gasteiger partial charge on any atom is -0.486 e. The summed E-state index contributed by atoms with van der Waals surface area (Å²) in [6.45, 7) is 27.6. The molecule has 0 unspecified atom stereocenters. The molecular formula is C64H66IrN4OSi-2. The van der Waals surface area contributed by atoms with Crippen LogP contribution in [0.1, 0.15) is 79.1 Å². The van der Waals surface area contributed by atoms with E-state index in [2.05, 4.69) is 232 Å². The Kier molecular flexibility index (Phi) is 14.5. The van der Waals surface area contributed by atoms with Crippen molar-refractivity contribution in [2.24, 2.45) is 10.8 Å². The maximum Gasteiger partial charge on any atom is 0.216 e. The molecule has 0 saturated heterocycles. The standard InChI is InChI=1S/C45H40N3O.C19H26NSi.Ir/c1-44(2,3)28-33-22-23-34-37-25-31(21-24-40(37)49-43(34)46-33)42-47-38-19-13-14-20-39(38)48(42)41-35(29-15-9-7-10-16-29)26-32(45(4,5)6)27-36(41)30-17-11-8-12-18-30;1-19(2,3)13-16-12-17(15-10-8-7-9-11-15)20-14-18(16)21(4,5)6;/h7-20,22-27H,28H2,1-6H3;7-10,12,14H,13H2,1-6H3;/q2*-1;. The molecule has 7 heteroatoms. The number of para-hydroxylation sites is 2. The summed E-state index contributed by atoms with van der Waals surface area (Å²) in [6, 6.07) is 60.2. The maximum atomic E-state index is 6.30. The van der Waals surface area contributed by atoms with Gasteiger partial charge in [-0.2, -0.15) is 0 Å². The molecular weight excluding hydrogens is 1060 g/mol. The van der Waals surface area contributed by atoms with Gasteiger partial charge in [0.15, 0.2) is 0 Å². The number of rotatable bonds is 8. The number of nitrogens with zero attached hydrogens (tertiary/aromatic N) is 4. The van der Waals surface area contributed by atoms with Gasteiger partial charge in [-0.05, 0) is 93.1 Å². The van der Waals surface area contributed by atoms with Crippen molar-refractivity contribution in [1.29, 1.82) is 0 Å². The summed E-state index contributed by atoms with van der Waals surface area (Å²) in [5.74, 6) is 0.827. The van der Waals surface area contributed by atoms with Gasteiger partial charge < -0.3 is 14.0 Å². The van der Waals surface area contributed by atoms with Crippen molar-refractivity contribution < 1.29 is 24.5 Å². The first-order valence-corrected chi connectivity index (χ1v) is 28.2. The number of benzene rings is 6. The van der Waals surface area contributed by atoms with Crippen LogP contribution in [-0.2, 0) is 38.4 Å². The summed E-state index contributed by atoms with van der Waals surface area (Å²) in [5, 5.41) is 3.49. The molecule has 4 aromatic heterocycles. The number of fused-ring (bicyclic) bond motifs is 4. The minimum absolute atomic E-state index is 0. The zero-order valence-corrected chi connectivity index (χ0v) is 46.9. The van der Waals surface area contributed by atoms with E-state index in [-0.39, 0.29) is 36.4 Å². The third-order valence-corrected chi connectivity index (χ3v) is 14.8. The molecule has 0 aliphatic carbocycles. The zero-order valence-electron chi connectivity index (χ0n) is 43.5. The normalized spacial score (nSPS) is 12.2. The van der Waals surface area contributed by atoms with E-state index in [0.717, 1.165) is 96.5 Å². The topological polar surface area (TPSA) is 56.7 Å². The molecule has 0 N–H and O–H groups in total. The van der Waals surface area contributed by atoms with E-state index < -0.39 is 8.07 Å². The second kappa shape index (κ2) is 20.1. The quantitative estimate of drug-likeness (QED) is 0.112. The fourth-order valence-electron chi connectivity index (χ4n) is 9.42. The van der Waals surface area contributed by atoms with Crippen molar-refractivity contribution in [1.82, 2.24) is 19.5 Å². The summed E-state index contributed by atoms with van der Waals surface area (Å²) < 4.78 is 8.64. The first kappa shape index (κ1) is 51.1. The average Bonchev–Trinajstić information content (AvgIpc) is 3.88. The summed E-state index contributed by atoms with van der Waals surface area (Å²) in [6.07, 6.45) is 4.08. The van der Waals surface area contributed by atoms with Crippen LogP contribution in [-0.4, -0.2) is 27.6 Å². The van der Waals surface area contributed by atoms with Gasteiger partial charge in [0.2, 0.25) is 5.71 Å². The summed E-state index contributed by atoms with van der Waals surface area (Å²) in [7, 11) is -1.37.